The van der Waals surface area contributed by atoms with E-state index in [2.05, 4.69) is 16.0 Å². The van der Waals surface area contributed by atoms with Gasteiger partial charge in [0.25, 0.3) is 0 Å². The molecule has 0 fully saturated rings. The van der Waals surface area contributed by atoms with Gasteiger partial charge in [-0.1, -0.05) is 18.5 Å². The van der Waals surface area contributed by atoms with Gasteiger partial charge in [-0.25, -0.2) is 4.79 Å². The number of hydrogen-bond acceptors (Lipinski definition) is 4. The Kier molecular flexibility index (Phi) is 6.32. The number of nitrogens with one attached hydrogen (secondary N) is 1. The minimum Gasteiger partial charge on any atom is -0.461 e. The molecule has 0 saturated heterocycles. The van der Waals surface area contributed by atoms with Gasteiger partial charge in [0.05, 0.1) is 0 Å². The topological polar surface area (TPSA) is 38.3 Å². The van der Waals surface area contributed by atoms with Crippen LogP contribution in [0.1, 0.15) is 0 Å². The second-order valence-corrected chi connectivity index (χ2v) is 2.17. The normalized spacial score (nSPS) is 8.90. The molecule has 0 aromatic rings. The first-order valence-corrected chi connectivity index (χ1v) is 4.08. The lowest BCUT2D eigenvalue weighted by Gasteiger charge is -2.00. The van der Waals surface area contributed by atoms with E-state index >= 15 is 0 Å². The van der Waals surface area contributed by atoms with E-state index in [0.717, 1.165) is 6.08 Å². The van der Waals surface area contributed by atoms with Crippen LogP contribution in [0.3, 0.4) is 0 Å². The zero-order chi connectivity index (χ0) is 7.82. The number of ether oxygens (including phenoxy) is 1. The fourth-order valence-corrected chi connectivity index (χ4v) is 0.642. The van der Waals surface area contributed by atoms with Gasteiger partial charge in [0.2, 0.25) is 0 Å². The number of esters is 1. The van der Waals surface area contributed by atoms with Crippen LogP contribution in [-0.2, 0) is 9.53 Å². The third kappa shape index (κ3) is 5.65. The molecule has 0 aliphatic carbocycles. The molecule has 0 atom stereocenters. The van der Waals surface area contributed by atoms with E-state index in [9.17, 15) is 4.79 Å². The summed E-state index contributed by atoms with van der Waals surface area (Å²) >= 11 is 1.49. The van der Waals surface area contributed by atoms with Crippen molar-refractivity contribution >= 4 is 17.9 Å². The summed E-state index contributed by atoms with van der Waals surface area (Å²) < 4.78 is 7.59. The molecule has 0 aliphatic heterocycles. The number of carbonyl (C=O) groups is 1. The van der Waals surface area contributed by atoms with Crippen molar-refractivity contribution in [2.24, 2.45) is 0 Å². The van der Waals surface area contributed by atoms with E-state index in [-0.39, 0.29) is 5.97 Å². The average Bonchev–Trinajstić information content (AvgIpc) is 1.98. The van der Waals surface area contributed by atoms with E-state index in [4.69, 9.17) is 0 Å². The van der Waals surface area contributed by atoms with Crippen LogP contribution in [0, 0.1) is 0 Å². The summed E-state index contributed by atoms with van der Waals surface area (Å²) in [5, 5.41) is 0. The first kappa shape index (κ1) is 9.52. The first-order chi connectivity index (χ1) is 4.81. The van der Waals surface area contributed by atoms with Crippen LogP contribution in [0.25, 0.3) is 0 Å². The van der Waals surface area contributed by atoms with Gasteiger partial charge >= 0.3 is 5.97 Å². The monoisotopic (exact) mass is 161 g/mol. The minimum absolute atomic E-state index is 0.372. The summed E-state index contributed by atoms with van der Waals surface area (Å²) in [6.07, 6.45) is 3.06. The third-order valence-corrected chi connectivity index (χ3v) is 1.25. The van der Waals surface area contributed by atoms with E-state index in [0.29, 0.717) is 13.2 Å². The van der Waals surface area contributed by atoms with Gasteiger partial charge in [-0.15, -0.1) is 0 Å². The Hall–Kier alpha value is -0.480. The van der Waals surface area contributed by atoms with Gasteiger partial charge in [0.1, 0.15) is 6.61 Å². The molecule has 10 heavy (non-hydrogen) atoms. The summed E-state index contributed by atoms with van der Waals surface area (Å²) in [5.74, 6) is -0.372. The number of hydrogen-bond donors (Lipinski definition) is 1. The Morgan fingerprint density at radius 3 is 3.10 bits per heavy atom. The van der Waals surface area contributed by atoms with Crippen molar-refractivity contribution in [2.45, 2.75) is 0 Å². The Bertz CT molecular complexity index is 116. The quantitative estimate of drug-likeness (QED) is 0.277. The molecule has 0 amide bonds. The van der Waals surface area contributed by atoms with E-state index in [1.165, 1.54) is 11.9 Å². The Labute approximate surface area is 65.0 Å². The first-order valence-electron chi connectivity index (χ1n) is 2.86. The molecule has 0 unspecified atom stereocenters. The van der Waals surface area contributed by atoms with Gasteiger partial charge in [-0.3, -0.25) is 4.72 Å². The maximum atomic E-state index is 10.4. The molecular formula is C6H11NO2S. The second-order valence-electron chi connectivity index (χ2n) is 1.47. The van der Waals surface area contributed by atoms with Crippen LogP contribution in [0.2, 0.25) is 0 Å². The highest BCUT2D eigenvalue weighted by atomic mass is 32.2. The minimum atomic E-state index is -0.372. The fourth-order valence-electron chi connectivity index (χ4n) is 0.354. The molecule has 0 saturated carbocycles. The van der Waals surface area contributed by atoms with Gasteiger partial charge in [0.15, 0.2) is 0 Å². The molecule has 4 heteroatoms. The highest BCUT2D eigenvalue weighted by Gasteiger charge is 1.92. The highest BCUT2D eigenvalue weighted by molar-refractivity contribution is 7.96. The van der Waals surface area contributed by atoms with Crippen molar-refractivity contribution in [3.8, 4) is 0 Å². The zero-order valence-corrected chi connectivity index (χ0v) is 6.74. The lowest BCUT2D eigenvalue weighted by molar-refractivity contribution is -0.137. The Morgan fingerprint density at radius 2 is 2.60 bits per heavy atom. The summed E-state index contributed by atoms with van der Waals surface area (Å²) in [6.45, 7) is 4.32. The van der Waals surface area contributed by atoms with Crippen LogP contribution >= 0.6 is 11.9 Å². The Morgan fingerprint density at radius 1 is 1.90 bits per heavy atom. The van der Waals surface area contributed by atoms with Crippen LogP contribution in [-0.4, -0.2) is 25.4 Å². The number of rotatable bonds is 5. The van der Waals surface area contributed by atoms with Crippen molar-refractivity contribution in [1.29, 1.82) is 0 Å². The molecule has 1 N–H and O–H groups in total. The molecule has 0 spiro atoms. The second kappa shape index (κ2) is 6.64. The van der Waals surface area contributed by atoms with Crippen molar-refractivity contribution in [3.63, 3.8) is 0 Å². The summed E-state index contributed by atoms with van der Waals surface area (Å²) in [4.78, 5) is 10.4. The summed E-state index contributed by atoms with van der Waals surface area (Å²) in [7, 11) is 0. The molecule has 3 nitrogen and oxygen atoms in total. The third-order valence-electron chi connectivity index (χ3n) is 0.759. The molecule has 0 aromatic heterocycles. The van der Waals surface area contributed by atoms with Gasteiger partial charge < -0.3 is 4.74 Å². The fraction of sp³-hybridized carbons (Fsp3) is 0.500. The lowest BCUT2D eigenvalue weighted by Crippen LogP contribution is -2.14. The Balaban J connectivity index is 3.03. The van der Waals surface area contributed by atoms with E-state index < -0.39 is 0 Å². The molecule has 0 rings (SSSR count). The predicted octanol–water partition coefficient (Wildman–Crippen LogP) is 0.583. The van der Waals surface area contributed by atoms with Crippen LogP contribution in [0.15, 0.2) is 12.7 Å². The maximum absolute atomic E-state index is 10.4. The van der Waals surface area contributed by atoms with E-state index in [1.807, 2.05) is 6.26 Å². The average molecular weight is 161 g/mol. The van der Waals surface area contributed by atoms with Crippen LogP contribution in [0.5, 0.6) is 0 Å². The van der Waals surface area contributed by atoms with Crippen molar-refractivity contribution in [3.05, 3.63) is 12.7 Å². The van der Waals surface area contributed by atoms with Crippen molar-refractivity contribution < 1.29 is 9.53 Å². The lowest BCUT2D eigenvalue weighted by atomic mass is 10.6. The molecular weight excluding hydrogens is 150 g/mol. The van der Waals surface area contributed by atoms with Crippen LogP contribution < -0.4 is 4.72 Å². The number of carbonyl (C=O) groups excluding carboxylic acids is 1. The van der Waals surface area contributed by atoms with Gasteiger partial charge in [0, 0.05) is 12.6 Å². The molecule has 0 bridgehead atoms. The van der Waals surface area contributed by atoms with Gasteiger partial charge in [-0.05, 0) is 6.26 Å². The summed E-state index contributed by atoms with van der Waals surface area (Å²) in [5.41, 5.74) is 0. The molecule has 0 heterocycles. The van der Waals surface area contributed by atoms with Crippen molar-refractivity contribution in [2.75, 3.05) is 19.4 Å². The SMILES string of the molecule is C=CC(=O)OCCNSC. The standard InChI is InChI=1S/C6H11NO2S/c1-3-6(8)9-5-4-7-10-2/h3,7H,1,4-5H2,2H3. The van der Waals surface area contributed by atoms with Gasteiger partial charge in [-0.2, -0.15) is 0 Å². The van der Waals surface area contributed by atoms with Crippen molar-refractivity contribution in [1.82, 2.24) is 4.72 Å². The smallest absolute Gasteiger partial charge is 0.330 e. The predicted molar refractivity (Wildman–Crippen MR) is 42.7 cm³/mol. The summed E-state index contributed by atoms with van der Waals surface area (Å²) in [6, 6.07) is 0. The van der Waals surface area contributed by atoms with E-state index in [1.54, 1.807) is 0 Å². The molecule has 58 valence electrons. The molecule has 0 aromatic carbocycles. The largest absolute Gasteiger partial charge is 0.461 e. The van der Waals surface area contributed by atoms with Crippen LogP contribution in [0.4, 0.5) is 0 Å². The molecule has 0 aliphatic rings. The molecule has 0 radical (unpaired) electrons. The zero-order valence-electron chi connectivity index (χ0n) is 5.92. The maximum Gasteiger partial charge on any atom is 0.330 e. The highest BCUT2D eigenvalue weighted by Crippen LogP contribution is 1.82.